The van der Waals surface area contributed by atoms with Gasteiger partial charge >= 0.3 is 5.97 Å². The summed E-state index contributed by atoms with van der Waals surface area (Å²) in [6.07, 6.45) is 7.19. The molecule has 1 N–H and O–H groups in total. The number of ether oxygens (including phenoxy) is 1. The van der Waals surface area contributed by atoms with Crippen molar-refractivity contribution in [2.24, 2.45) is 17.8 Å². The van der Waals surface area contributed by atoms with Crippen molar-refractivity contribution >= 4 is 11.9 Å². The van der Waals surface area contributed by atoms with Gasteiger partial charge in [-0.05, 0) is 67.9 Å². The number of hydrogen-bond acceptors (Lipinski definition) is 3. The van der Waals surface area contributed by atoms with Gasteiger partial charge in [0.1, 0.15) is 0 Å². The van der Waals surface area contributed by atoms with Gasteiger partial charge in [-0.15, -0.1) is 0 Å². The van der Waals surface area contributed by atoms with Gasteiger partial charge in [-0.25, -0.2) is 4.79 Å². The standard InChI is InChI=1S/C20H23NO3/c22-18(17-8-15-3-1-2-4-16(15)19(23)24-17)21-20-9-12-5-13(10-20)7-14(6-12)11-20/h1-4,12-14,17H,5-11H2,(H,21,22)/t12?,13?,14?,17-,20?/m0/s1. The molecule has 6 rings (SSSR count). The van der Waals surface area contributed by atoms with Crippen molar-refractivity contribution < 1.29 is 14.3 Å². The topological polar surface area (TPSA) is 55.4 Å². The molecule has 0 unspecified atom stereocenters. The lowest BCUT2D eigenvalue weighted by Gasteiger charge is -2.57. The van der Waals surface area contributed by atoms with Crippen LogP contribution in [0.3, 0.4) is 0 Å². The number of rotatable bonds is 2. The molecule has 4 fully saturated rings. The summed E-state index contributed by atoms with van der Waals surface area (Å²) < 4.78 is 5.44. The van der Waals surface area contributed by atoms with E-state index in [1.165, 1.54) is 19.3 Å². The van der Waals surface area contributed by atoms with E-state index in [-0.39, 0.29) is 17.4 Å². The van der Waals surface area contributed by atoms with Gasteiger partial charge in [0.15, 0.2) is 6.10 Å². The smallest absolute Gasteiger partial charge is 0.339 e. The molecule has 1 heterocycles. The average Bonchev–Trinajstić information content (AvgIpc) is 2.53. The molecule has 4 saturated carbocycles. The minimum absolute atomic E-state index is 0.0325. The van der Waals surface area contributed by atoms with Gasteiger partial charge in [0.25, 0.3) is 5.91 Å². The Morgan fingerprint density at radius 2 is 1.67 bits per heavy atom. The summed E-state index contributed by atoms with van der Waals surface area (Å²) in [5, 5.41) is 3.33. The normalized spacial score (nSPS) is 39.2. The minimum Gasteiger partial charge on any atom is -0.448 e. The Morgan fingerprint density at radius 1 is 1.04 bits per heavy atom. The quantitative estimate of drug-likeness (QED) is 0.851. The Labute approximate surface area is 142 Å². The zero-order valence-corrected chi connectivity index (χ0v) is 13.8. The Morgan fingerprint density at radius 3 is 2.33 bits per heavy atom. The van der Waals surface area contributed by atoms with Crippen LogP contribution < -0.4 is 5.32 Å². The lowest BCUT2D eigenvalue weighted by molar-refractivity contribution is -0.136. The number of esters is 1. The lowest BCUT2D eigenvalue weighted by Crippen LogP contribution is -2.61. The van der Waals surface area contributed by atoms with Crippen LogP contribution in [-0.2, 0) is 16.0 Å². The number of hydrogen-bond donors (Lipinski definition) is 1. The SMILES string of the molecule is O=C1O[C@H](C(=O)NC23CC4CC(CC(C4)C2)C3)Cc2ccccc21. The van der Waals surface area contributed by atoms with Crippen molar-refractivity contribution in [2.75, 3.05) is 0 Å². The maximum Gasteiger partial charge on any atom is 0.339 e. The molecular weight excluding hydrogens is 302 g/mol. The fourth-order valence-electron chi connectivity index (χ4n) is 6.08. The van der Waals surface area contributed by atoms with Crippen molar-refractivity contribution in [1.29, 1.82) is 0 Å². The van der Waals surface area contributed by atoms with Gasteiger partial charge in [-0.3, -0.25) is 4.79 Å². The molecule has 1 aliphatic heterocycles. The summed E-state index contributed by atoms with van der Waals surface area (Å²) in [7, 11) is 0. The maximum absolute atomic E-state index is 12.8. The highest BCUT2D eigenvalue weighted by atomic mass is 16.5. The lowest BCUT2D eigenvalue weighted by atomic mass is 9.53. The second-order valence-electron chi connectivity index (χ2n) is 8.44. The van der Waals surface area contributed by atoms with Gasteiger partial charge in [-0.1, -0.05) is 18.2 Å². The minimum atomic E-state index is -0.680. The first-order valence-electron chi connectivity index (χ1n) is 9.21. The summed E-state index contributed by atoms with van der Waals surface area (Å²) in [6.45, 7) is 0. The van der Waals surface area contributed by atoms with E-state index in [1.54, 1.807) is 6.07 Å². The molecule has 0 saturated heterocycles. The summed E-state index contributed by atoms with van der Waals surface area (Å²) in [5.41, 5.74) is 1.48. The van der Waals surface area contributed by atoms with Crippen LogP contribution in [0.4, 0.5) is 0 Å². The Balaban J connectivity index is 1.34. The van der Waals surface area contributed by atoms with E-state index in [0.717, 1.165) is 42.6 Å². The molecule has 0 radical (unpaired) electrons. The largest absolute Gasteiger partial charge is 0.448 e. The van der Waals surface area contributed by atoms with Crippen molar-refractivity contribution in [2.45, 2.75) is 56.6 Å². The van der Waals surface area contributed by atoms with Crippen molar-refractivity contribution in [3.8, 4) is 0 Å². The van der Waals surface area contributed by atoms with E-state index in [4.69, 9.17) is 4.74 Å². The summed E-state index contributed by atoms with van der Waals surface area (Å²) in [6, 6.07) is 7.42. The molecular formula is C20H23NO3. The first-order chi connectivity index (χ1) is 11.6. The summed E-state index contributed by atoms with van der Waals surface area (Å²) in [4.78, 5) is 25.0. The molecule has 1 amide bonds. The molecule has 1 atom stereocenters. The Bertz CT molecular complexity index is 675. The first kappa shape index (κ1) is 14.5. The fourth-order valence-corrected chi connectivity index (χ4v) is 6.08. The van der Waals surface area contributed by atoms with Crippen LogP contribution in [0.25, 0.3) is 0 Å². The van der Waals surface area contributed by atoms with Crippen LogP contribution in [0.15, 0.2) is 24.3 Å². The predicted molar refractivity (Wildman–Crippen MR) is 88.4 cm³/mol. The van der Waals surface area contributed by atoms with Gasteiger partial charge in [-0.2, -0.15) is 0 Å². The summed E-state index contributed by atoms with van der Waals surface area (Å²) >= 11 is 0. The first-order valence-corrected chi connectivity index (χ1v) is 9.21. The van der Waals surface area contributed by atoms with E-state index >= 15 is 0 Å². The van der Waals surface area contributed by atoms with Gasteiger partial charge in [0.05, 0.1) is 5.56 Å². The third-order valence-corrected chi connectivity index (χ3v) is 6.61. The van der Waals surface area contributed by atoms with Gasteiger partial charge < -0.3 is 10.1 Å². The number of nitrogens with one attached hydrogen (secondary N) is 1. The molecule has 126 valence electrons. The van der Waals surface area contributed by atoms with E-state index in [9.17, 15) is 9.59 Å². The number of carbonyl (C=O) groups excluding carboxylic acids is 2. The highest BCUT2D eigenvalue weighted by molar-refractivity contribution is 5.95. The number of amides is 1. The Hall–Kier alpha value is -1.84. The molecule has 1 aromatic carbocycles. The van der Waals surface area contributed by atoms with E-state index in [0.29, 0.717) is 12.0 Å². The van der Waals surface area contributed by atoms with Crippen LogP contribution in [-0.4, -0.2) is 23.5 Å². The van der Waals surface area contributed by atoms with Crippen LogP contribution >= 0.6 is 0 Å². The molecule has 4 aliphatic carbocycles. The highest BCUT2D eigenvalue weighted by Crippen LogP contribution is 2.55. The van der Waals surface area contributed by atoms with Crippen LogP contribution in [0, 0.1) is 17.8 Å². The second kappa shape index (κ2) is 5.08. The molecule has 24 heavy (non-hydrogen) atoms. The zero-order chi connectivity index (χ0) is 16.3. The Kier molecular flexibility index (Phi) is 3.07. The predicted octanol–water partition coefficient (Wildman–Crippen LogP) is 2.85. The highest BCUT2D eigenvalue weighted by Gasteiger charge is 2.52. The zero-order valence-electron chi connectivity index (χ0n) is 13.8. The van der Waals surface area contributed by atoms with Gasteiger partial charge in [0.2, 0.25) is 0 Å². The molecule has 4 bridgehead atoms. The molecule has 0 aromatic heterocycles. The number of fused-ring (bicyclic) bond motifs is 1. The monoisotopic (exact) mass is 325 g/mol. The third-order valence-electron chi connectivity index (χ3n) is 6.61. The molecule has 0 spiro atoms. The third kappa shape index (κ3) is 2.27. The number of benzene rings is 1. The maximum atomic E-state index is 12.8. The molecule has 4 heteroatoms. The molecule has 1 aromatic rings. The average molecular weight is 325 g/mol. The van der Waals surface area contributed by atoms with E-state index in [1.807, 2.05) is 18.2 Å². The van der Waals surface area contributed by atoms with Crippen LogP contribution in [0.1, 0.15) is 54.4 Å². The molecule has 5 aliphatic rings. The van der Waals surface area contributed by atoms with Crippen molar-refractivity contribution in [3.05, 3.63) is 35.4 Å². The summed E-state index contributed by atoms with van der Waals surface area (Å²) in [5.74, 6) is 1.88. The van der Waals surface area contributed by atoms with Crippen LogP contribution in [0.2, 0.25) is 0 Å². The van der Waals surface area contributed by atoms with E-state index in [2.05, 4.69) is 5.32 Å². The van der Waals surface area contributed by atoms with Crippen molar-refractivity contribution in [3.63, 3.8) is 0 Å². The number of carbonyl (C=O) groups is 2. The van der Waals surface area contributed by atoms with Crippen LogP contribution in [0.5, 0.6) is 0 Å². The second-order valence-corrected chi connectivity index (χ2v) is 8.44. The van der Waals surface area contributed by atoms with E-state index < -0.39 is 6.10 Å². The fraction of sp³-hybridized carbons (Fsp3) is 0.600. The number of cyclic esters (lactones) is 1. The van der Waals surface area contributed by atoms with Crippen molar-refractivity contribution in [1.82, 2.24) is 5.32 Å². The van der Waals surface area contributed by atoms with Gasteiger partial charge in [0, 0.05) is 12.0 Å². The molecule has 4 nitrogen and oxygen atoms in total.